The molecule has 0 atom stereocenters. The van der Waals surface area contributed by atoms with Gasteiger partial charge in [-0.3, -0.25) is 4.79 Å². The van der Waals surface area contributed by atoms with Crippen molar-refractivity contribution in [3.05, 3.63) is 64.7 Å². The number of para-hydroxylation sites is 1. The lowest BCUT2D eigenvalue weighted by molar-refractivity contribution is 0.859. The van der Waals surface area contributed by atoms with Gasteiger partial charge in [-0.2, -0.15) is 0 Å². The summed E-state index contributed by atoms with van der Waals surface area (Å²) in [4.78, 5) is 11.4. The van der Waals surface area contributed by atoms with Crippen molar-refractivity contribution in [2.75, 3.05) is 5.32 Å². The van der Waals surface area contributed by atoms with Crippen molar-refractivity contribution in [1.82, 2.24) is 9.13 Å². The standard InChI is InChI=1S/C16H17N3O/c1-18-10-12(14-5-3-4-6-15(14)18)9-17-13-7-8-16(20)19(2)11-13/h3-8,10-11,17H,9H2,1-2H3. The van der Waals surface area contributed by atoms with E-state index in [2.05, 4.69) is 41.3 Å². The van der Waals surface area contributed by atoms with Crippen LogP contribution in [0, 0.1) is 0 Å². The molecule has 0 amide bonds. The Morgan fingerprint density at radius 2 is 1.80 bits per heavy atom. The van der Waals surface area contributed by atoms with Crippen molar-refractivity contribution in [3.8, 4) is 0 Å². The molecule has 0 bridgehead atoms. The quantitative estimate of drug-likeness (QED) is 0.792. The Bertz CT molecular complexity index is 814. The number of nitrogens with one attached hydrogen (secondary N) is 1. The summed E-state index contributed by atoms with van der Waals surface area (Å²) in [7, 11) is 3.81. The summed E-state index contributed by atoms with van der Waals surface area (Å²) in [5, 5.41) is 4.62. The third kappa shape index (κ3) is 2.20. The van der Waals surface area contributed by atoms with E-state index in [1.807, 2.05) is 18.3 Å². The van der Waals surface area contributed by atoms with Gasteiger partial charge in [0.2, 0.25) is 5.56 Å². The molecule has 0 fully saturated rings. The highest BCUT2D eigenvalue weighted by molar-refractivity contribution is 5.84. The minimum absolute atomic E-state index is 0.000658. The van der Waals surface area contributed by atoms with Crippen molar-refractivity contribution < 1.29 is 0 Å². The number of aromatic nitrogens is 2. The van der Waals surface area contributed by atoms with Gasteiger partial charge < -0.3 is 14.5 Å². The van der Waals surface area contributed by atoms with Gasteiger partial charge in [0.05, 0.1) is 5.69 Å². The Balaban J connectivity index is 1.86. The number of pyridine rings is 1. The van der Waals surface area contributed by atoms with E-state index >= 15 is 0 Å². The second-order valence-corrected chi connectivity index (χ2v) is 5.00. The average Bonchev–Trinajstić information content (AvgIpc) is 2.78. The van der Waals surface area contributed by atoms with Crippen LogP contribution in [0.5, 0.6) is 0 Å². The first-order valence-corrected chi connectivity index (χ1v) is 6.58. The molecule has 0 aliphatic rings. The normalized spacial score (nSPS) is 10.9. The van der Waals surface area contributed by atoms with Gasteiger partial charge in [-0.05, 0) is 17.7 Å². The highest BCUT2D eigenvalue weighted by Crippen LogP contribution is 2.21. The van der Waals surface area contributed by atoms with Crippen LogP contribution in [0.4, 0.5) is 5.69 Å². The predicted molar refractivity (Wildman–Crippen MR) is 81.9 cm³/mol. The van der Waals surface area contributed by atoms with E-state index in [9.17, 15) is 4.79 Å². The average molecular weight is 267 g/mol. The zero-order valence-corrected chi connectivity index (χ0v) is 11.6. The first-order valence-electron chi connectivity index (χ1n) is 6.58. The molecule has 0 aliphatic heterocycles. The maximum absolute atomic E-state index is 11.4. The fraction of sp³-hybridized carbons (Fsp3) is 0.188. The Morgan fingerprint density at radius 1 is 1.00 bits per heavy atom. The van der Waals surface area contributed by atoms with Crippen LogP contribution in [0.3, 0.4) is 0 Å². The van der Waals surface area contributed by atoms with Gasteiger partial charge in [-0.25, -0.2) is 0 Å². The van der Waals surface area contributed by atoms with Crippen LogP contribution in [-0.4, -0.2) is 9.13 Å². The molecule has 0 aliphatic carbocycles. The van der Waals surface area contributed by atoms with Crippen molar-refractivity contribution in [3.63, 3.8) is 0 Å². The molecule has 1 aromatic carbocycles. The second kappa shape index (κ2) is 4.89. The zero-order valence-electron chi connectivity index (χ0n) is 11.6. The number of hydrogen-bond donors (Lipinski definition) is 1. The van der Waals surface area contributed by atoms with Crippen LogP contribution in [0.25, 0.3) is 10.9 Å². The number of benzene rings is 1. The first kappa shape index (κ1) is 12.5. The van der Waals surface area contributed by atoms with Crippen LogP contribution in [0.2, 0.25) is 0 Å². The summed E-state index contributed by atoms with van der Waals surface area (Å²) >= 11 is 0. The maximum atomic E-state index is 11.4. The van der Waals surface area contributed by atoms with Crippen molar-refractivity contribution in [2.45, 2.75) is 6.54 Å². The second-order valence-electron chi connectivity index (χ2n) is 5.00. The van der Waals surface area contributed by atoms with Crippen molar-refractivity contribution in [1.29, 1.82) is 0 Å². The molecule has 0 radical (unpaired) electrons. The minimum Gasteiger partial charge on any atom is -0.380 e. The minimum atomic E-state index is 0.000658. The van der Waals surface area contributed by atoms with E-state index in [1.165, 1.54) is 16.5 Å². The fourth-order valence-corrected chi connectivity index (χ4v) is 2.46. The predicted octanol–water partition coefficient (Wildman–Crippen LogP) is 2.49. The smallest absolute Gasteiger partial charge is 0.250 e. The Hall–Kier alpha value is -2.49. The lowest BCUT2D eigenvalue weighted by Gasteiger charge is -2.07. The number of fused-ring (bicyclic) bond motifs is 1. The summed E-state index contributed by atoms with van der Waals surface area (Å²) in [5.74, 6) is 0. The number of aryl methyl sites for hydroxylation is 2. The van der Waals surface area contributed by atoms with Gasteiger partial charge in [-0.15, -0.1) is 0 Å². The van der Waals surface area contributed by atoms with Gasteiger partial charge in [0, 0.05) is 50.0 Å². The fourth-order valence-electron chi connectivity index (χ4n) is 2.46. The van der Waals surface area contributed by atoms with E-state index in [4.69, 9.17) is 0 Å². The molecule has 0 saturated heterocycles. The molecule has 20 heavy (non-hydrogen) atoms. The van der Waals surface area contributed by atoms with E-state index in [1.54, 1.807) is 17.7 Å². The van der Waals surface area contributed by atoms with E-state index in [-0.39, 0.29) is 5.56 Å². The molecule has 0 saturated carbocycles. The molecule has 1 N–H and O–H groups in total. The van der Waals surface area contributed by atoms with Crippen molar-refractivity contribution in [2.24, 2.45) is 14.1 Å². The molecular weight excluding hydrogens is 250 g/mol. The third-order valence-electron chi connectivity index (χ3n) is 3.55. The molecule has 3 rings (SSSR count). The van der Waals surface area contributed by atoms with Crippen LogP contribution < -0.4 is 10.9 Å². The third-order valence-corrected chi connectivity index (χ3v) is 3.55. The summed E-state index contributed by atoms with van der Waals surface area (Å²) in [6.45, 7) is 0.736. The summed E-state index contributed by atoms with van der Waals surface area (Å²) < 4.78 is 3.71. The zero-order chi connectivity index (χ0) is 14.1. The molecular formula is C16H17N3O. The van der Waals surface area contributed by atoms with Gasteiger partial charge in [0.15, 0.2) is 0 Å². The van der Waals surface area contributed by atoms with Gasteiger partial charge in [0.25, 0.3) is 0 Å². The van der Waals surface area contributed by atoms with Crippen LogP contribution in [0.15, 0.2) is 53.6 Å². The highest BCUT2D eigenvalue weighted by atomic mass is 16.1. The summed E-state index contributed by atoms with van der Waals surface area (Å²) in [6, 6.07) is 11.7. The van der Waals surface area contributed by atoms with Gasteiger partial charge in [0.1, 0.15) is 0 Å². The van der Waals surface area contributed by atoms with E-state index in [0.29, 0.717) is 0 Å². The molecule has 2 aromatic heterocycles. The molecule has 0 unspecified atom stereocenters. The number of anilines is 1. The van der Waals surface area contributed by atoms with Crippen molar-refractivity contribution >= 4 is 16.6 Å². The topological polar surface area (TPSA) is 39.0 Å². The molecule has 4 nitrogen and oxygen atoms in total. The molecule has 102 valence electrons. The maximum Gasteiger partial charge on any atom is 0.250 e. The lowest BCUT2D eigenvalue weighted by atomic mass is 10.2. The monoisotopic (exact) mass is 267 g/mol. The summed E-state index contributed by atoms with van der Waals surface area (Å²) in [6.07, 6.45) is 3.95. The van der Waals surface area contributed by atoms with Crippen LogP contribution in [-0.2, 0) is 20.6 Å². The van der Waals surface area contributed by atoms with Gasteiger partial charge >= 0.3 is 0 Å². The number of hydrogen-bond acceptors (Lipinski definition) is 2. The van der Waals surface area contributed by atoms with Crippen LogP contribution in [0.1, 0.15) is 5.56 Å². The van der Waals surface area contributed by atoms with E-state index < -0.39 is 0 Å². The van der Waals surface area contributed by atoms with Gasteiger partial charge in [-0.1, -0.05) is 18.2 Å². The Labute approximate surface area is 117 Å². The largest absolute Gasteiger partial charge is 0.380 e. The molecule has 4 heteroatoms. The lowest BCUT2D eigenvalue weighted by Crippen LogP contribution is -2.15. The van der Waals surface area contributed by atoms with Crippen LogP contribution >= 0.6 is 0 Å². The number of nitrogens with zero attached hydrogens (tertiary/aromatic N) is 2. The SMILES string of the molecule is Cn1cc(NCc2cn(C)c3ccccc23)ccc1=O. The summed E-state index contributed by atoms with van der Waals surface area (Å²) in [5.41, 5.74) is 3.42. The highest BCUT2D eigenvalue weighted by Gasteiger charge is 2.05. The Morgan fingerprint density at radius 3 is 2.60 bits per heavy atom. The first-order chi connectivity index (χ1) is 9.65. The molecule has 2 heterocycles. The molecule has 0 spiro atoms. The Kier molecular flexibility index (Phi) is 3.06. The number of rotatable bonds is 3. The van der Waals surface area contributed by atoms with E-state index in [0.717, 1.165) is 12.2 Å². The molecule has 3 aromatic rings.